The van der Waals surface area contributed by atoms with E-state index in [4.69, 9.17) is 10.8 Å². The lowest BCUT2D eigenvalue weighted by Gasteiger charge is -2.09. The minimum Gasteiger partial charge on any atom is -0.480 e. The molecule has 0 spiro atoms. The zero-order valence-electron chi connectivity index (χ0n) is 11.2. The Balaban J connectivity index is 2.22. The van der Waals surface area contributed by atoms with E-state index in [1.54, 1.807) is 11.8 Å². The lowest BCUT2D eigenvalue weighted by Crippen LogP contribution is -2.32. The molecule has 0 bridgehead atoms. The third kappa shape index (κ3) is 3.62. The number of hydrogen-bond donors (Lipinski definition) is 2. The maximum atomic E-state index is 10.8. The molecular weight excluding hydrogens is 270 g/mol. The Morgan fingerprint density at radius 2 is 1.90 bits per heavy atom. The number of nitrogens with two attached hydrogens (primary N) is 1. The molecule has 0 aliphatic carbocycles. The summed E-state index contributed by atoms with van der Waals surface area (Å²) in [7, 11) is 0. The summed E-state index contributed by atoms with van der Waals surface area (Å²) in [4.78, 5) is 12.0. The second-order valence-corrected chi connectivity index (χ2v) is 5.46. The van der Waals surface area contributed by atoms with Gasteiger partial charge in [-0.25, -0.2) is 0 Å². The summed E-state index contributed by atoms with van der Waals surface area (Å²) in [5.74, 6) is -0.972. The first-order chi connectivity index (χ1) is 9.60. The maximum absolute atomic E-state index is 10.8. The topological polar surface area (TPSA) is 63.3 Å². The normalized spacial score (nSPS) is 12.1. The quantitative estimate of drug-likeness (QED) is 0.830. The van der Waals surface area contributed by atoms with E-state index < -0.39 is 12.0 Å². The van der Waals surface area contributed by atoms with Crippen molar-refractivity contribution >= 4 is 17.7 Å². The van der Waals surface area contributed by atoms with Crippen LogP contribution in [0.3, 0.4) is 0 Å². The molecule has 0 heterocycles. The van der Waals surface area contributed by atoms with E-state index in [0.29, 0.717) is 6.42 Å². The smallest absolute Gasteiger partial charge is 0.320 e. The van der Waals surface area contributed by atoms with Gasteiger partial charge in [0.05, 0.1) is 0 Å². The molecule has 104 valence electrons. The lowest BCUT2D eigenvalue weighted by atomic mass is 10.00. The van der Waals surface area contributed by atoms with Crippen LogP contribution in [0.2, 0.25) is 0 Å². The maximum Gasteiger partial charge on any atom is 0.320 e. The highest BCUT2D eigenvalue weighted by atomic mass is 32.2. The summed E-state index contributed by atoms with van der Waals surface area (Å²) in [6.45, 7) is 0. The van der Waals surface area contributed by atoms with Crippen LogP contribution in [-0.4, -0.2) is 23.4 Å². The third-order valence-corrected chi connectivity index (χ3v) is 3.87. The summed E-state index contributed by atoms with van der Waals surface area (Å²) in [6.07, 6.45) is 2.38. The van der Waals surface area contributed by atoms with Crippen molar-refractivity contribution in [1.82, 2.24) is 0 Å². The largest absolute Gasteiger partial charge is 0.480 e. The standard InChI is InChI=1S/C16H17NO2S/c1-20-14-7-5-12(6-8-14)13-4-2-3-11(9-13)10-15(17)16(18)19/h2-9,15H,10,17H2,1H3,(H,18,19). The van der Waals surface area contributed by atoms with E-state index in [-0.39, 0.29) is 0 Å². The predicted molar refractivity (Wildman–Crippen MR) is 83.0 cm³/mol. The van der Waals surface area contributed by atoms with Crippen LogP contribution >= 0.6 is 11.8 Å². The number of carboxylic acid groups (broad SMARTS) is 1. The van der Waals surface area contributed by atoms with Crippen LogP contribution in [0.1, 0.15) is 5.56 Å². The van der Waals surface area contributed by atoms with Gasteiger partial charge in [0.15, 0.2) is 0 Å². The molecule has 20 heavy (non-hydrogen) atoms. The fourth-order valence-electron chi connectivity index (χ4n) is 2.00. The summed E-state index contributed by atoms with van der Waals surface area (Å²) in [6, 6.07) is 15.3. The first kappa shape index (κ1) is 14.6. The highest BCUT2D eigenvalue weighted by molar-refractivity contribution is 7.98. The van der Waals surface area contributed by atoms with Gasteiger partial charge in [-0.1, -0.05) is 36.4 Å². The van der Waals surface area contributed by atoms with Gasteiger partial charge in [0.25, 0.3) is 0 Å². The molecule has 1 atom stereocenters. The van der Waals surface area contributed by atoms with Crippen LogP contribution in [0.4, 0.5) is 0 Å². The average molecular weight is 287 g/mol. The van der Waals surface area contributed by atoms with Gasteiger partial charge in [-0.15, -0.1) is 11.8 Å². The summed E-state index contributed by atoms with van der Waals surface area (Å²) >= 11 is 1.71. The van der Waals surface area contributed by atoms with Gasteiger partial charge in [-0.3, -0.25) is 4.79 Å². The molecule has 2 aromatic rings. The third-order valence-electron chi connectivity index (χ3n) is 3.12. The molecule has 0 aliphatic heterocycles. The van der Waals surface area contributed by atoms with Crippen LogP contribution in [0.15, 0.2) is 53.4 Å². The van der Waals surface area contributed by atoms with Crippen molar-refractivity contribution in [3.63, 3.8) is 0 Å². The van der Waals surface area contributed by atoms with Crippen molar-refractivity contribution in [3.8, 4) is 11.1 Å². The van der Waals surface area contributed by atoms with Gasteiger partial charge in [-0.2, -0.15) is 0 Å². The number of carboxylic acids is 1. The van der Waals surface area contributed by atoms with Crippen molar-refractivity contribution in [2.75, 3.05) is 6.26 Å². The molecule has 2 aromatic carbocycles. The molecule has 4 heteroatoms. The second-order valence-electron chi connectivity index (χ2n) is 4.58. The van der Waals surface area contributed by atoms with Crippen LogP contribution in [-0.2, 0) is 11.2 Å². The van der Waals surface area contributed by atoms with Gasteiger partial charge < -0.3 is 10.8 Å². The molecule has 0 aliphatic rings. The minimum absolute atomic E-state index is 0.339. The number of hydrogen-bond acceptors (Lipinski definition) is 3. The van der Waals surface area contributed by atoms with E-state index >= 15 is 0 Å². The fraction of sp³-hybridized carbons (Fsp3) is 0.188. The number of aliphatic carboxylic acids is 1. The van der Waals surface area contributed by atoms with Gasteiger partial charge in [0.2, 0.25) is 0 Å². The highest BCUT2D eigenvalue weighted by Crippen LogP contribution is 2.24. The van der Waals surface area contributed by atoms with Crippen molar-refractivity contribution < 1.29 is 9.90 Å². The van der Waals surface area contributed by atoms with Gasteiger partial charge >= 0.3 is 5.97 Å². The molecule has 3 N–H and O–H groups in total. The van der Waals surface area contributed by atoms with Crippen LogP contribution in [0.5, 0.6) is 0 Å². The molecule has 0 saturated carbocycles. The van der Waals surface area contributed by atoms with E-state index in [1.807, 2.05) is 30.5 Å². The summed E-state index contributed by atoms with van der Waals surface area (Å²) in [5.41, 5.74) is 8.70. The monoisotopic (exact) mass is 287 g/mol. The predicted octanol–water partition coefficient (Wildman–Crippen LogP) is 3.03. The Morgan fingerprint density at radius 3 is 2.50 bits per heavy atom. The molecule has 0 saturated heterocycles. The van der Waals surface area contributed by atoms with E-state index in [0.717, 1.165) is 16.7 Å². The van der Waals surface area contributed by atoms with Crippen LogP contribution < -0.4 is 5.73 Å². The lowest BCUT2D eigenvalue weighted by molar-refractivity contribution is -0.138. The van der Waals surface area contributed by atoms with Crippen LogP contribution in [0.25, 0.3) is 11.1 Å². The van der Waals surface area contributed by atoms with Crippen molar-refractivity contribution in [1.29, 1.82) is 0 Å². The minimum atomic E-state index is -0.972. The van der Waals surface area contributed by atoms with E-state index in [9.17, 15) is 4.79 Å². The second kappa shape index (κ2) is 6.59. The molecule has 0 fully saturated rings. The Morgan fingerprint density at radius 1 is 1.20 bits per heavy atom. The Labute approximate surface area is 122 Å². The molecule has 0 aromatic heterocycles. The molecule has 2 rings (SSSR count). The molecular formula is C16H17NO2S. The zero-order valence-corrected chi connectivity index (χ0v) is 12.1. The Kier molecular flexibility index (Phi) is 4.82. The summed E-state index contributed by atoms with van der Waals surface area (Å²) in [5, 5.41) is 8.86. The Hall–Kier alpha value is -1.78. The van der Waals surface area contributed by atoms with Crippen molar-refractivity contribution in [3.05, 3.63) is 54.1 Å². The molecule has 1 unspecified atom stereocenters. The average Bonchev–Trinajstić information content (AvgIpc) is 2.47. The SMILES string of the molecule is CSc1ccc(-c2cccc(CC(N)C(=O)O)c2)cc1. The van der Waals surface area contributed by atoms with Crippen molar-refractivity contribution in [2.45, 2.75) is 17.4 Å². The number of rotatable bonds is 5. The van der Waals surface area contributed by atoms with E-state index in [2.05, 4.69) is 24.3 Å². The van der Waals surface area contributed by atoms with E-state index in [1.165, 1.54) is 4.90 Å². The Bertz CT molecular complexity index is 596. The molecule has 3 nitrogen and oxygen atoms in total. The van der Waals surface area contributed by atoms with Gasteiger partial charge in [0, 0.05) is 4.90 Å². The van der Waals surface area contributed by atoms with Gasteiger partial charge in [-0.05, 0) is 41.5 Å². The fourth-order valence-corrected chi connectivity index (χ4v) is 2.41. The zero-order chi connectivity index (χ0) is 14.5. The number of carbonyl (C=O) groups is 1. The molecule has 0 amide bonds. The van der Waals surface area contributed by atoms with Crippen LogP contribution in [0, 0.1) is 0 Å². The first-order valence-corrected chi connectivity index (χ1v) is 7.54. The number of thioether (sulfide) groups is 1. The molecule has 0 radical (unpaired) electrons. The summed E-state index contributed by atoms with van der Waals surface area (Å²) < 4.78 is 0. The number of benzene rings is 2. The van der Waals surface area contributed by atoms with Crippen molar-refractivity contribution in [2.24, 2.45) is 5.73 Å². The van der Waals surface area contributed by atoms with Gasteiger partial charge in [0.1, 0.15) is 6.04 Å². The first-order valence-electron chi connectivity index (χ1n) is 6.32. The highest BCUT2D eigenvalue weighted by Gasteiger charge is 2.12.